The van der Waals surface area contributed by atoms with Crippen molar-refractivity contribution in [1.29, 1.82) is 0 Å². The van der Waals surface area contributed by atoms with Crippen LogP contribution in [0.15, 0.2) is 30.5 Å². The molecule has 0 N–H and O–H groups in total. The summed E-state index contributed by atoms with van der Waals surface area (Å²) in [6.45, 7) is 4.98. The van der Waals surface area contributed by atoms with Gasteiger partial charge in [0.1, 0.15) is 0 Å². The van der Waals surface area contributed by atoms with E-state index in [1.807, 2.05) is 12.3 Å². The smallest absolute Gasteiger partial charge is 0.270 e. The molecule has 1 aromatic heterocycles. The summed E-state index contributed by atoms with van der Waals surface area (Å²) < 4.78 is 2.09. The molecule has 1 radical (unpaired) electrons. The second-order valence-electron chi connectivity index (χ2n) is 4.15. The predicted molar refractivity (Wildman–Crippen MR) is 63.2 cm³/mol. The summed E-state index contributed by atoms with van der Waals surface area (Å²) >= 11 is 0. The molecular weight excluding hydrogens is 204 g/mol. The van der Waals surface area contributed by atoms with Crippen LogP contribution in [0.1, 0.15) is 13.8 Å². The van der Waals surface area contributed by atoms with Gasteiger partial charge in [0, 0.05) is 35.8 Å². The number of aromatic nitrogens is 1. The fraction of sp³-hybridized carbons (Fsp3) is 0.250. The maximum Gasteiger partial charge on any atom is 0.270 e. The van der Waals surface area contributed by atoms with Crippen molar-refractivity contribution in [2.45, 2.75) is 20.4 Å². The van der Waals surface area contributed by atoms with Crippen LogP contribution in [-0.4, -0.2) is 9.49 Å². The summed E-state index contributed by atoms with van der Waals surface area (Å²) in [4.78, 5) is 10.3. The van der Waals surface area contributed by atoms with Crippen molar-refractivity contribution in [2.24, 2.45) is 0 Å². The third-order valence-electron chi connectivity index (χ3n) is 2.45. The van der Waals surface area contributed by atoms with Gasteiger partial charge in [0.25, 0.3) is 5.69 Å². The Balaban J connectivity index is 2.46. The third kappa shape index (κ3) is 1.91. The van der Waals surface area contributed by atoms with Gasteiger partial charge in [-0.2, -0.15) is 0 Å². The van der Waals surface area contributed by atoms with Gasteiger partial charge in [0.15, 0.2) is 0 Å². The Bertz CT molecular complexity index is 529. The average Bonchev–Trinajstić information content (AvgIpc) is 2.60. The quantitative estimate of drug-likeness (QED) is 0.585. The van der Waals surface area contributed by atoms with Gasteiger partial charge in [-0.25, -0.2) is 0 Å². The number of benzene rings is 1. The highest BCUT2D eigenvalue weighted by Crippen LogP contribution is 2.22. The van der Waals surface area contributed by atoms with Gasteiger partial charge in [-0.3, -0.25) is 10.1 Å². The lowest BCUT2D eigenvalue weighted by atomic mass is 10.2. The molecule has 16 heavy (non-hydrogen) atoms. The normalized spacial score (nSPS) is 11.2. The molecule has 83 valence electrons. The Morgan fingerprint density at radius 2 is 2.12 bits per heavy atom. The van der Waals surface area contributed by atoms with Crippen molar-refractivity contribution in [3.63, 3.8) is 0 Å². The largest absolute Gasteiger partial charge is 0.347 e. The minimum Gasteiger partial charge on any atom is -0.347 e. The van der Waals surface area contributed by atoms with Crippen molar-refractivity contribution < 1.29 is 4.92 Å². The second-order valence-corrected chi connectivity index (χ2v) is 4.15. The fourth-order valence-electron chi connectivity index (χ4n) is 1.78. The van der Waals surface area contributed by atoms with Crippen LogP contribution in [0.3, 0.4) is 0 Å². The summed E-state index contributed by atoms with van der Waals surface area (Å²) in [7, 11) is 0. The van der Waals surface area contributed by atoms with E-state index in [0.29, 0.717) is 0 Å². The first kappa shape index (κ1) is 10.7. The molecule has 1 heterocycles. The Labute approximate surface area is 93.6 Å². The van der Waals surface area contributed by atoms with Crippen LogP contribution in [-0.2, 0) is 6.54 Å². The van der Waals surface area contributed by atoms with Gasteiger partial charge in [0.2, 0.25) is 0 Å². The van der Waals surface area contributed by atoms with E-state index in [1.54, 1.807) is 18.2 Å². The molecule has 4 nitrogen and oxygen atoms in total. The molecule has 0 saturated carbocycles. The molecule has 0 atom stereocenters. The molecule has 1 aromatic carbocycles. The van der Waals surface area contributed by atoms with Crippen LogP contribution in [0.25, 0.3) is 10.9 Å². The average molecular weight is 217 g/mol. The van der Waals surface area contributed by atoms with Crippen molar-refractivity contribution in [1.82, 2.24) is 4.57 Å². The molecule has 0 saturated heterocycles. The van der Waals surface area contributed by atoms with Crippen LogP contribution < -0.4 is 0 Å². The highest BCUT2D eigenvalue weighted by molar-refractivity contribution is 5.82. The maximum absolute atomic E-state index is 10.6. The molecule has 0 amide bonds. The minimum absolute atomic E-state index is 0.141. The van der Waals surface area contributed by atoms with Crippen LogP contribution in [0.5, 0.6) is 0 Å². The van der Waals surface area contributed by atoms with Gasteiger partial charge < -0.3 is 4.57 Å². The highest BCUT2D eigenvalue weighted by atomic mass is 16.6. The number of fused-ring (bicyclic) bond motifs is 1. The van der Waals surface area contributed by atoms with Crippen molar-refractivity contribution in [3.05, 3.63) is 46.5 Å². The second kappa shape index (κ2) is 3.96. The van der Waals surface area contributed by atoms with E-state index >= 15 is 0 Å². The summed E-state index contributed by atoms with van der Waals surface area (Å²) in [5, 5.41) is 11.5. The van der Waals surface area contributed by atoms with E-state index in [0.717, 1.165) is 17.4 Å². The first-order valence-corrected chi connectivity index (χ1v) is 5.10. The molecule has 0 aliphatic heterocycles. The summed E-state index contributed by atoms with van der Waals surface area (Å²) in [6, 6.07) is 6.86. The Hall–Kier alpha value is -1.84. The number of nitro groups is 1. The van der Waals surface area contributed by atoms with E-state index in [1.165, 1.54) is 5.92 Å². The van der Waals surface area contributed by atoms with Crippen LogP contribution in [0, 0.1) is 16.0 Å². The highest BCUT2D eigenvalue weighted by Gasteiger charge is 2.09. The fourth-order valence-corrected chi connectivity index (χ4v) is 1.78. The van der Waals surface area contributed by atoms with Gasteiger partial charge >= 0.3 is 0 Å². The third-order valence-corrected chi connectivity index (χ3v) is 2.45. The molecule has 0 spiro atoms. The van der Waals surface area contributed by atoms with Gasteiger partial charge in [-0.15, -0.1) is 0 Å². The van der Waals surface area contributed by atoms with Crippen molar-refractivity contribution in [2.75, 3.05) is 0 Å². The van der Waals surface area contributed by atoms with E-state index in [9.17, 15) is 10.1 Å². The number of nitrogens with zero attached hydrogens (tertiary/aromatic N) is 2. The summed E-state index contributed by atoms with van der Waals surface area (Å²) in [5.74, 6) is 1.30. The van der Waals surface area contributed by atoms with Gasteiger partial charge in [-0.05, 0) is 18.1 Å². The molecule has 0 bridgehead atoms. The number of hydrogen-bond donors (Lipinski definition) is 0. The number of nitro benzene ring substituents is 1. The first-order chi connectivity index (χ1) is 7.58. The van der Waals surface area contributed by atoms with Crippen LogP contribution >= 0.6 is 0 Å². The first-order valence-electron chi connectivity index (χ1n) is 5.10. The maximum atomic E-state index is 10.6. The molecule has 2 aromatic rings. The predicted octanol–water partition coefficient (Wildman–Crippen LogP) is 3.16. The number of non-ortho nitro benzene ring substituents is 1. The number of rotatable bonds is 3. The molecule has 2 rings (SSSR count). The lowest BCUT2D eigenvalue weighted by Crippen LogP contribution is -2.00. The molecular formula is C12H13N2O2. The summed E-state index contributed by atoms with van der Waals surface area (Å²) in [6.07, 6.45) is 1.96. The van der Waals surface area contributed by atoms with Crippen LogP contribution in [0.2, 0.25) is 0 Å². The Morgan fingerprint density at radius 3 is 2.75 bits per heavy atom. The molecule has 0 aliphatic rings. The number of hydrogen-bond acceptors (Lipinski definition) is 2. The zero-order valence-electron chi connectivity index (χ0n) is 9.30. The van der Waals surface area contributed by atoms with E-state index in [4.69, 9.17) is 0 Å². The SMILES string of the molecule is C[C](C)Cn1ccc2cc([N+](=O)[O-])ccc21. The van der Waals surface area contributed by atoms with Crippen molar-refractivity contribution in [3.8, 4) is 0 Å². The standard InChI is InChI=1S/C12H13N2O2/c1-9(2)8-13-6-5-10-7-11(14(15)16)3-4-12(10)13/h3-7H,8H2,1-2H3. The van der Waals surface area contributed by atoms with Gasteiger partial charge in [-0.1, -0.05) is 13.8 Å². The van der Waals surface area contributed by atoms with Gasteiger partial charge in [0.05, 0.1) is 4.92 Å². The Kier molecular flexibility index (Phi) is 2.64. The zero-order chi connectivity index (χ0) is 11.7. The van der Waals surface area contributed by atoms with E-state index in [2.05, 4.69) is 18.4 Å². The lowest BCUT2D eigenvalue weighted by molar-refractivity contribution is -0.384. The molecule has 0 fully saturated rings. The summed E-state index contributed by atoms with van der Waals surface area (Å²) in [5.41, 5.74) is 1.18. The van der Waals surface area contributed by atoms with E-state index in [-0.39, 0.29) is 10.6 Å². The minimum atomic E-state index is -0.367. The van der Waals surface area contributed by atoms with Crippen LogP contribution in [0.4, 0.5) is 5.69 Å². The topological polar surface area (TPSA) is 48.1 Å². The monoisotopic (exact) mass is 217 g/mol. The van der Waals surface area contributed by atoms with E-state index < -0.39 is 0 Å². The molecule has 0 aliphatic carbocycles. The lowest BCUT2D eigenvalue weighted by Gasteiger charge is -2.07. The Morgan fingerprint density at radius 1 is 1.38 bits per heavy atom. The molecule has 4 heteroatoms. The zero-order valence-corrected chi connectivity index (χ0v) is 9.30. The van der Waals surface area contributed by atoms with Crippen molar-refractivity contribution >= 4 is 16.6 Å². The molecule has 0 unspecified atom stereocenters.